The summed E-state index contributed by atoms with van der Waals surface area (Å²) in [5.41, 5.74) is 2.39. The predicted molar refractivity (Wildman–Crippen MR) is 129 cm³/mol. The first-order valence-corrected chi connectivity index (χ1v) is 12.0. The molecule has 0 saturated carbocycles. The quantitative estimate of drug-likeness (QED) is 0.601. The molecule has 2 bridgehead atoms. The minimum Gasteiger partial charge on any atom is -0.371 e. The van der Waals surface area contributed by atoms with Crippen LogP contribution < -0.4 is 9.80 Å². The van der Waals surface area contributed by atoms with E-state index in [2.05, 4.69) is 57.2 Å². The van der Waals surface area contributed by atoms with Crippen LogP contribution in [0.5, 0.6) is 0 Å². The first-order chi connectivity index (χ1) is 16.3. The van der Waals surface area contributed by atoms with Gasteiger partial charge in [0.15, 0.2) is 5.82 Å². The van der Waals surface area contributed by atoms with Gasteiger partial charge in [-0.3, -0.25) is 4.90 Å². The van der Waals surface area contributed by atoms with E-state index >= 15 is 0 Å². The highest BCUT2D eigenvalue weighted by Crippen LogP contribution is 2.30. The zero-order valence-electron chi connectivity index (χ0n) is 18.9. The highest BCUT2D eigenvalue weighted by molar-refractivity contribution is 5.58. The number of nitrogens with zero attached hydrogens (tertiary/aromatic N) is 6. The molecule has 0 spiro atoms. The SMILES string of the molecule is c1ccc(CN2CCN(c3nc(-c4ccccc4)nc(N4CC5CCC(C4)O5)n3)CC2)cc1. The lowest BCUT2D eigenvalue weighted by molar-refractivity contribution is 0.0299. The molecule has 3 saturated heterocycles. The Balaban J connectivity index is 1.23. The van der Waals surface area contributed by atoms with E-state index in [-0.39, 0.29) is 0 Å². The van der Waals surface area contributed by atoms with Crippen molar-refractivity contribution in [3.05, 3.63) is 66.2 Å². The lowest BCUT2D eigenvalue weighted by Gasteiger charge is -2.36. The standard InChI is InChI=1S/C26H30N6O/c1-3-7-20(8-4-1)17-30-13-15-31(16-14-30)25-27-24(21-9-5-2-6-10-21)28-26(29-25)32-18-22-11-12-23(19-32)33-22/h1-10,22-23H,11-19H2. The molecule has 3 aliphatic heterocycles. The van der Waals surface area contributed by atoms with Gasteiger partial charge in [-0.25, -0.2) is 0 Å². The molecule has 7 heteroatoms. The number of morpholine rings is 1. The number of rotatable bonds is 5. The summed E-state index contributed by atoms with van der Waals surface area (Å²) in [6.45, 7) is 6.54. The van der Waals surface area contributed by atoms with Gasteiger partial charge in [0.1, 0.15) is 0 Å². The maximum Gasteiger partial charge on any atom is 0.230 e. The van der Waals surface area contributed by atoms with Crippen molar-refractivity contribution in [2.24, 2.45) is 0 Å². The Bertz CT molecular complexity index is 1060. The summed E-state index contributed by atoms with van der Waals surface area (Å²) >= 11 is 0. The average Bonchev–Trinajstić information content (AvgIpc) is 3.22. The van der Waals surface area contributed by atoms with Crippen molar-refractivity contribution in [1.82, 2.24) is 19.9 Å². The number of ether oxygens (including phenoxy) is 1. The lowest BCUT2D eigenvalue weighted by atomic mass is 10.2. The van der Waals surface area contributed by atoms with Crippen LogP contribution >= 0.6 is 0 Å². The Labute approximate surface area is 195 Å². The van der Waals surface area contributed by atoms with E-state index in [9.17, 15) is 0 Å². The van der Waals surface area contributed by atoms with Crippen LogP contribution in [0, 0.1) is 0 Å². The normalized spacial score (nSPS) is 23.2. The molecule has 3 aromatic rings. The van der Waals surface area contributed by atoms with E-state index in [0.29, 0.717) is 12.2 Å². The van der Waals surface area contributed by atoms with E-state index in [0.717, 1.165) is 81.9 Å². The van der Waals surface area contributed by atoms with Crippen molar-refractivity contribution >= 4 is 11.9 Å². The summed E-state index contributed by atoms with van der Waals surface area (Å²) in [6.07, 6.45) is 2.86. The first-order valence-electron chi connectivity index (χ1n) is 12.0. The smallest absolute Gasteiger partial charge is 0.230 e. The summed E-state index contributed by atoms with van der Waals surface area (Å²) in [5.74, 6) is 2.32. The van der Waals surface area contributed by atoms with Gasteiger partial charge in [0.05, 0.1) is 12.2 Å². The predicted octanol–water partition coefficient (Wildman–Crippen LogP) is 3.23. The van der Waals surface area contributed by atoms with E-state index in [1.165, 1.54) is 5.56 Å². The average molecular weight is 443 g/mol. The van der Waals surface area contributed by atoms with Crippen LogP contribution in [-0.4, -0.2) is 71.3 Å². The van der Waals surface area contributed by atoms with Crippen LogP contribution in [0.1, 0.15) is 18.4 Å². The molecule has 2 unspecified atom stereocenters. The Morgan fingerprint density at radius 3 is 1.97 bits per heavy atom. The monoisotopic (exact) mass is 442 g/mol. The molecule has 2 aromatic carbocycles. The minimum absolute atomic E-state index is 0.297. The molecule has 3 aliphatic rings. The fourth-order valence-electron chi connectivity index (χ4n) is 5.08. The summed E-state index contributed by atoms with van der Waals surface area (Å²) in [7, 11) is 0. The zero-order chi connectivity index (χ0) is 22.0. The topological polar surface area (TPSA) is 57.6 Å². The van der Waals surface area contributed by atoms with Gasteiger partial charge in [-0.1, -0.05) is 60.7 Å². The molecule has 4 heterocycles. The third kappa shape index (κ3) is 4.56. The molecule has 0 N–H and O–H groups in total. The molecule has 6 rings (SSSR count). The van der Waals surface area contributed by atoms with Crippen molar-refractivity contribution in [2.75, 3.05) is 49.1 Å². The summed E-state index contributed by atoms with van der Waals surface area (Å²) in [6, 6.07) is 20.9. The molecule has 0 amide bonds. The molecule has 1 aromatic heterocycles. The fraction of sp³-hybridized carbons (Fsp3) is 0.423. The number of aromatic nitrogens is 3. The van der Waals surface area contributed by atoms with Crippen LogP contribution in [0.15, 0.2) is 60.7 Å². The van der Waals surface area contributed by atoms with Gasteiger partial charge < -0.3 is 14.5 Å². The van der Waals surface area contributed by atoms with Crippen LogP contribution in [0.2, 0.25) is 0 Å². The van der Waals surface area contributed by atoms with Crippen LogP contribution in [0.25, 0.3) is 11.4 Å². The fourth-order valence-corrected chi connectivity index (χ4v) is 5.08. The van der Waals surface area contributed by atoms with Crippen molar-refractivity contribution in [3.63, 3.8) is 0 Å². The Morgan fingerprint density at radius 1 is 0.697 bits per heavy atom. The molecular weight excluding hydrogens is 412 g/mol. The Hall–Kier alpha value is -3.03. The third-order valence-electron chi connectivity index (χ3n) is 6.87. The number of hydrogen-bond donors (Lipinski definition) is 0. The summed E-state index contributed by atoms with van der Waals surface area (Å²) < 4.78 is 6.04. The van der Waals surface area contributed by atoms with Gasteiger partial charge >= 0.3 is 0 Å². The molecule has 33 heavy (non-hydrogen) atoms. The van der Waals surface area contributed by atoms with Crippen molar-refractivity contribution in [2.45, 2.75) is 31.6 Å². The van der Waals surface area contributed by atoms with Gasteiger partial charge in [-0.05, 0) is 18.4 Å². The number of benzene rings is 2. The highest BCUT2D eigenvalue weighted by Gasteiger charge is 2.35. The van der Waals surface area contributed by atoms with Crippen LogP contribution in [0.3, 0.4) is 0 Å². The largest absolute Gasteiger partial charge is 0.371 e. The van der Waals surface area contributed by atoms with Gasteiger partial charge in [0.2, 0.25) is 11.9 Å². The number of anilines is 2. The number of fused-ring (bicyclic) bond motifs is 2. The molecule has 7 nitrogen and oxygen atoms in total. The molecular formula is C26H30N6O. The Kier molecular flexibility index (Phi) is 5.66. The van der Waals surface area contributed by atoms with Gasteiger partial charge in [0.25, 0.3) is 0 Å². The second kappa shape index (κ2) is 9.08. The number of piperazine rings is 1. The van der Waals surface area contributed by atoms with E-state index in [4.69, 9.17) is 19.7 Å². The molecule has 0 aliphatic carbocycles. The van der Waals surface area contributed by atoms with Crippen molar-refractivity contribution in [3.8, 4) is 11.4 Å². The highest BCUT2D eigenvalue weighted by atomic mass is 16.5. The summed E-state index contributed by atoms with van der Waals surface area (Å²) in [4.78, 5) is 21.9. The maximum atomic E-state index is 6.04. The number of hydrogen-bond acceptors (Lipinski definition) is 7. The van der Waals surface area contributed by atoms with Crippen LogP contribution in [0.4, 0.5) is 11.9 Å². The molecule has 0 radical (unpaired) electrons. The molecule has 3 fully saturated rings. The molecule has 170 valence electrons. The van der Waals surface area contributed by atoms with E-state index < -0.39 is 0 Å². The second-order valence-corrected chi connectivity index (χ2v) is 9.24. The third-order valence-corrected chi connectivity index (χ3v) is 6.87. The molecule has 2 atom stereocenters. The lowest BCUT2D eigenvalue weighted by Crippen LogP contribution is -2.47. The maximum absolute atomic E-state index is 6.04. The van der Waals surface area contributed by atoms with Crippen molar-refractivity contribution in [1.29, 1.82) is 0 Å². The zero-order valence-corrected chi connectivity index (χ0v) is 18.9. The summed E-state index contributed by atoms with van der Waals surface area (Å²) in [5, 5.41) is 0. The van der Waals surface area contributed by atoms with E-state index in [1.54, 1.807) is 0 Å². The van der Waals surface area contributed by atoms with Gasteiger partial charge in [-0.15, -0.1) is 0 Å². The minimum atomic E-state index is 0.297. The van der Waals surface area contributed by atoms with Crippen molar-refractivity contribution < 1.29 is 4.74 Å². The van der Waals surface area contributed by atoms with Gasteiger partial charge in [-0.2, -0.15) is 15.0 Å². The van der Waals surface area contributed by atoms with E-state index in [1.807, 2.05) is 18.2 Å². The first kappa shape index (κ1) is 20.6. The second-order valence-electron chi connectivity index (χ2n) is 9.24. The Morgan fingerprint density at radius 2 is 1.30 bits per heavy atom. The van der Waals surface area contributed by atoms with Crippen LogP contribution in [-0.2, 0) is 11.3 Å². The van der Waals surface area contributed by atoms with Gasteiger partial charge in [0, 0.05) is 51.4 Å².